The van der Waals surface area contributed by atoms with Crippen molar-refractivity contribution in [3.8, 4) is 0 Å². The molecule has 0 unspecified atom stereocenters. The molecule has 24 heavy (non-hydrogen) atoms. The molecule has 2 N–H and O–H groups in total. The van der Waals surface area contributed by atoms with E-state index < -0.39 is 0 Å². The maximum absolute atomic E-state index is 6.11. The maximum Gasteiger partial charge on any atom is 0.0595 e. The van der Waals surface area contributed by atoms with Crippen molar-refractivity contribution in [3.05, 3.63) is 64.3 Å². The Morgan fingerprint density at radius 1 is 1.08 bits per heavy atom. The summed E-state index contributed by atoms with van der Waals surface area (Å²) in [5, 5.41) is 6.14. The van der Waals surface area contributed by atoms with Crippen LogP contribution in [-0.4, -0.2) is 29.0 Å². The van der Waals surface area contributed by atoms with Crippen LogP contribution in [0.2, 0.25) is 10.0 Å². The molecule has 2 heterocycles. The zero-order valence-corrected chi connectivity index (χ0v) is 14.7. The summed E-state index contributed by atoms with van der Waals surface area (Å²) in [6.45, 7) is 3.03. The Morgan fingerprint density at radius 3 is 2.88 bits per heavy atom. The van der Waals surface area contributed by atoms with Crippen molar-refractivity contribution < 1.29 is 0 Å². The highest BCUT2D eigenvalue weighted by Crippen LogP contribution is 2.25. The first kappa shape index (κ1) is 15.8. The van der Waals surface area contributed by atoms with E-state index in [-0.39, 0.29) is 0 Å². The zero-order valence-electron chi connectivity index (χ0n) is 13.2. The number of halogens is 2. The van der Waals surface area contributed by atoms with Gasteiger partial charge in [0, 0.05) is 48.5 Å². The SMILES string of the molecule is Clc1ccc(CN2CC[C@@H](Nc3ccc4[nH]ccc4c3)C2)cc1Cl. The van der Waals surface area contributed by atoms with Crippen LogP contribution in [0.3, 0.4) is 0 Å². The summed E-state index contributed by atoms with van der Waals surface area (Å²) in [5.41, 5.74) is 3.57. The topological polar surface area (TPSA) is 31.1 Å². The third kappa shape index (κ3) is 3.39. The minimum absolute atomic E-state index is 0.476. The van der Waals surface area contributed by atoms with E-state index in [4.69, 9.17) is 23.2 Å². The second-order valence-corrected chi connectivity index (χ2v) is 7.21. The fourth-order valence-electron chi connectivity index (χ4n) is 3.37. The fraction of sp³-hybridized carbons (Fsp3) is 0.263. The number of aromatic nitrogens is 1. The van der Waals surface area contributed by atoms with Crippen LogP contribution < -0.4 is 5.32 Å². The number of hydrogen-bond donors (Lipinski definition) is 2. The molecular weight excluding hydrogens is 341 g/mol. The molecule has 2 aromatic carbocycles. The summed E-state index contributed by atoms with van der Waals surface area (Å²) in [5.74, 6) is 0. The van der Waals surface area contributed by atoms with Gasteiger partial charge in [0.05, 0.1) is 10.0 Å². The van der Waals surface area contributed by atoms with Crippen molar-refractivity contribution in [1.29, 1.82) is 0 Å². The van der Waals surface area contributed by atoms with Crippen LogP contribution in [0, 0.1) is 0 Å². The first-order valence-electron chi connectivity index (χ1n) is 8.17. The van der Waals surface area contributed by atoms with Crippen LogP contribution in [0.15, 0.2) is 48.7 Å². The summed E-state index contributed by atoms with van der Waals surface area (Å²) in [6.07, 6.45) is 3.12. The number of likely N-dealkylation sites (tertiary alicyclic amines) is 1. The van der Waals surface area contributed by atoms with Crippen LogP contribution in [0.25, 0.3) is 10.9 Å². The second kappa shape index (κ2) is 6.67. The quantitative estimate of drug-likeness (QED) is 0.673. The van der Waals surface area contributed by atoms with Crippen LogP contribution >= 0.6 is 23.2 Å². The van der Waals surface area contributed by atoms with E-state index in [1.807, 2.05) is 18.3 Å². The predicted octanol–water partition coefficient (Wildman–Crippen LogP) is 5.16. The van der Waals surface area contributed by atoms with Gasteiger partial charge < -0.3 is 10.3 Å². The van der Waals surface area contributed by atoms with Gasteiger partial charge in [-0.1, -0.05) is 29.3 Å². The van der Waals surface area contributed by atoms with Gasteiger partial charge in [0.1, 0.15) is 0 Å². The van der Waals surface area contributed by atoms with Crippen molar-refractivity contribution in [3.63, 3.8) is 0 Å². The van der Waals surface area contributed by atoms with Gasteiger partial charge in [-0.15, -0.1) is 0 Å². The van der Waals surface area contributed by atoms with E-state index in [0.29, 0.717) is 16.1 Å². The molecule has 1 saturated heterocycles. The lowest BCUT2D eigenvalue weighted by Gasteiger charge is -2.18. The van der Waals surface area contributed by atoms with Crippen molar-refractivity contribution >= 4 is 39.8 Å². The van der Waals surface area contributed by atoms with Gasteiger partial charge in [-0.05, 0) is 48.4 Å². The Bertz CT molecular complexity index is 859. The summed E-state index contributed by atoms with van der Waals surface area (Å²) in [6, 6.07) is 14.9. The number of nitrogens with one attached hydrogen (secondary N) is 2. The highest BCUT2D eigenvalue weighted by atomic mass is 35.5. The Kier molecular flexibility index (Phi) is 4.40. The maximum atomic E-state index is 6.11. The molecular formula is C19H19Cl2N3. The minimum Gasteiger partial charge on any atom is -0.381 e. The molecule has 1 aliphatic heterocycles. The van der Waals surface area contributed by atoms with Crippen LogP contribution in [0.1, 0.15) is 12.0 Å². The van der Waals surface area contributed by atoms with Gasteiger partial charge in [-0.2, -0.15) is 0 Å². The van der Waals surface area contributed by atoms with E-state index in [1.54, 1.807) is 0 Å². The van der Waals surface area contributed by atoms with Crippen molar-refractivity contribution in [2.24, 2.45) is 0 Å². The monoisotopic (exact) mass is 359 g/mol. The van der Waals surface area contributed by atoms with Gasteiger partial charge in [0.15, 0.2) is 0 Å². The molecule has 0 bridgehead atoms. The molecule has 0 amide bonds. The van der Waals surface area contributed by atoms with E-state index in [1.165, 1.54) is 22.2 Å². The highest BCUT2D eigenvalue weighted by molar-refractivity contribution is 6.42. The predicted molar refractivity (Wildman–Crippen MR) is 102 cm³/mol. The van der Waals surface area contributed by atoms with E-state index >= 15 is 0 Å². The lowest BCUT2D eigenvalue weighted by atomic mass is 10.2. The highest BCUT2D eigenvalue weighted by Gasteiger charge is 2.22. The molecule has 1 fully saturated rings. The molecule has 124 valence electrons. The molecule has 0 radical (unpaired) electrons. The minimum atomic E-state index is 0.476. The number of nitrogens with zero attached hydrogens (tertiary/aromatic N) is 1. The second-order valence-electron chi connectivity index (χ2n) is 6.39. The van der Waals surface area contributed by atoms with E-state index in [9.17, 15) is 0 Å². The Hall–Kier alpha value is -1.68. The lowest BCUT2D eigenvalue weighted by Crippen LogP contribution is -2.25. The van der Waals surface area contributed by atoms with Crippen molar-refractivity contribution in [2.45, 2.75) is 19.0 Å². The van der Waals surface area contributed by atoms with Crippen molar-refractivity contribution in [2.75, 3.05) is 18.4 Å². The lowest BCUT2D eigenvalue weighted by molar-refractivity contribution is 0.328. The third-order valence-electron chi connectivity index (χ3n) is 4.59. The van der Waals surface area contributed by atoms with Gasteiger partial charge in [0.25, 0.3) is 0 Å². The van der Waals surface area contributed by atoms with Crippen LogP contribution in [0.4, 0.5) is 5.69 Å². The summed E-state index contributed by atoms with van der Waals surface area (Å²) >= 11 is 12.1. The van der Waals surface area contributed by atoms with Gasteiger partial charge in [-0.3, -0.25) is 4.90 Å². The third-order valence-corrected chi connectivity index (χ3v) is 5.33. The molecule has 1 aliphatic rings. The number of benzene rings is 2. The normalized spacial score (nSPS) is 18.3. The zero-order chi connectivity index (χ0) is 16.5. The van der Waals surface area contributed by atoms with Gasteiger partial charge in [-0.25, -0.2) is 0 Å². The summed E-state index contributed by atoms with van der Waals surface area (Å²) in [7, 11) is 0. The average Bonchev–Trinajstić information content (AvgIpc) is 3.20. The molecule has 1 atom stereocenters. The van der Waals surface area contributed by atoms with E-state index in [0.717, 1.165) is 26.1 Å². The van der Waals surface area contributed by atoms with Gasteiger partial charge in [0.2, 0.25) is 0 Å². The molecule has 4 rings (SSSR count). The Balaban J connectivity index is 1.38. The van der Waals surface area contributed by atoms with E-state index in [2.05, 4.69) is 45.5 Å². The standard InChI is InChI=1S/C19H19Cl2N3/c20-17-3-1-13(9-18(17)21)11-24-8-6-16(12-24)23-15-2-4-19-14(10-15)5-7-22-19/h1-5,7,9-10,16,22-23H,6,8,11-12H2/t16-/m1/s1. The number of fused-ring (bicyclic) bond motifs is 1. The Morgan fingerprint density at radius 2 is 2.00 bits per heavy atom. The molecule has 0 saturated carbocycles. The average molecular weight is 360 g/mol. The number of hydrogen-bond acceptors (Lipinski definition) is 2. The Labute approximate surface area is 151 Å². The van der Waals surface area contributed by atoms with Crippen LogP contribution in [-0.2, 0) is 6.54 Å². The van der Waals surface area contributed by atoms with Crippen LogP contribution in [0.5, 0.6) is 0 Å². The number of anilines is 1. The molecule has 1 aromatic heterocycles. The molecule has 0 spiro atoms. The largest absolute Gasteiger partial charge is 0.381 e. The number of aromatic amines is 1. The first-order chi connectivity index (χ1) is 11.7. The summed E-state index contributed by atoms with van der Waals surface area (Å²) < 4.78 is 0. The first-order valence-corrected chi connectivity index (χ1v) is 8.93. The smallest absolute Gasteiger partial charge is 0.0595 e. The summed E-state index contributed by atoms with van der Waals surface area (Å²) in [4.78, 5) is 5.68. The molecule has 3 aromatic rings. The number of rotatable bonds is 4. The molecule has 0 aliphatic carbocycles. The van der Waals surface area contributed by atoms with Gasteiger partial charge >= 0.3 is 0 Å². The number of H-pyrrole nitrogens is 1. The van der Waals surface area contributed by atoms with Crippen molar-refractivity contribution in [1.82, 2.24) is 9.88 Å². The fourth-order valence-corrected chi connectivity index (χ4v) is 3.69. The molecule has 5 heteroatoms. The molecule has 3 nitrogen and oxygen atoms in total.